The molecule has 0 spiro atoms. The van der Waals surface area contributed by atoms with Gasteiger partial charge >= 0.3 is 0 Å². The van der Waals surface area contributed by atoms with E-state index in [2.05, 4.69) is 25.3 Å². The number of methoxy groups -OCH3 is 2. The normalized spacial score (nSPS) is 10.6. The zero-order chi connectivity index (χ0) is 20.5. The van der Waals surface area contributed by atoms with Crippen LogP contribution in [-0.4, -0.2) is 46.5 Å². The molecule has 3 aromatic rings. The number of pyridine rings is 2. The third-order valence-electron chi connectivity index (χ3n) is 4.13. The predicted octanol–water partition coefficient (Wildman–Crippen LogP) is 2.51. The number of aromatic amines is 1. The maximum Gasteiger partial charge on any atom is 0.255 e. The maximum atomic E-state index is 12.3. The van der Waals surface area contributed by atoms with E-state index in [9.17, 15) is 4.79 Å². The van der Waals surface area contributed by atoms with Gasteiger partial charge in [-0.2, -0.15) is 11.8 Å². The number of ether oxygens (including phenoxy) is 2. The molecule has 29 heavy (non-hydrogen) atoms. The largest absolute Gasteiger partial charge is 0.493 e. The molecule has 0 aromatic carbocycles. The van der Waals surface area contributed by atoms with Crippen molar-refractivity contribution in [1.82, 2.24) is 19.9 Å². The fourth-order valence-corrected chi connectivity index (χ4v) is 3.51. The van der Waals surface area contributed by atoms with Gasteiger partial charge in [-0.3, -0.25) is 19.7 Å². The second-order valence-electron chi connectivity index (χ2n) is 6.10. The van der Waals surface area contributed by atoms with E-state index in [1.165, 1.54) is 0 Å². The van der Waals surface area contributed by atoms with E-state index in [0.29, 0.717) is 41.7 Å². The number of nitrogens with zero attached hydrogens (tertiary/aromatic N) is 3. The van der Waals surface area contributed by atoms with Gasteiger partial charge in [-0.25, -0.2) is 4.98 Å². The lowest BCUT2D eigenvalue weighted by Gasteiger charge is -2.11. The van der Waals surface area contributed by atoms with E-state index in [0.717, 1.165) is 17.0 Å². The van der Waals surface area contributed by atoms with Gasteiger partial charge in [0.15, 0.2) is 11.5 Å². The number of nitrogens with one attached hydrogen (secondary N) is 2. The molecule has 0 fully saturated rings. The first kappa shape index (κ1) is 20.7. The highest BCUT2D eigenvalue weighted by Gasteiger charge is 2.10. The second-order valence-corrected chi connectivity index (χ2v) is 7.20. The number of thioether (sulfide) groups is 1. The molecule has 0 unspecified atom stereocenters. The van der Waals surface area contributed by atoms with Crippen LogP contribution in [0.25, 0.3) is 0 Å². The van der Waals surface area contributed by atoms with E-state index in [1.807, 2.05) is 12.1 Å². The lowest BCUT2D eigenvalue weighted by Crippen LogP contribution is -2.18. The third kappa shape index (κ3) is 5.71. The minimum absolute atomic E-state index is 0.149. The Kier molecular flexibility index (Phi) is 7.46. The molecule has 9 heteroatoms. The number of H-pyrrole nitrogens is 1. The highest BCUT2D eigenvalue weighted by Crippen LogP contribution is 2.31. The van der Waals surface area contributed by atoms with Crippen LogP contribution in [0.1, 0.15) is 16.8 Å². The summed E-state index contributed by atoms with van der Waals surface area (Å²) in [5.74, 6) is 3.29. The second kappa shape index (κ2) is 10.5. The number of anilines is 1. The molecule has 0 saturated carbocycles. The molecule has 0 amide bonds. The van der Waals surface area contributed by atoms with Crippen molar-refractivity contribution in [2.24, 2.45) is 0 Å². The van der Waals surface area contributed by atoms with Crippen LogP contribution in [0.5, 0.6) is 11.5 Å². The van der Waals surface area contributed by atoms with E-state index < -0.39 is 0 Å². The summed E-state index contributed by atoms with van der Waals surface area (Å²) in [5.41, 5.74) is 2.26. The van der Waals surface area contributed by atoms with Gasteiger partial charge in [-0.05, 0) is 11.6 Å². The highest BCUT2D eigenvalue weighted by molar-refractivity contribution is 7.98. The number of aromatic nitrogens is 4. The number of hydrogen-bond acceptors (Lipinski definition) is 8. The first-order chi connectivity index (χ1) is 14.2. The fourth-order valence-electron chi connectivity index (χ4n) is 2.72. The van der Waals surface area contributed by atoms with E-state index in [1.54, 1.807) is 56.8 Å². The van der Waals surface area contributed by atoms with Crippen molar-refractivity contribution in [3.63, 3.8) is 0 Å². The van der Waals surface area contributed by atoms with Gasteiger partial charge in [0.05, 0.1) is 19.9 Å². The van der Waals surface area contributed by atoms with Gasteiger partial charge in [0.2, 0.25) is 5.95 Å². The summed E-state index contributed by atoms with van der Waals surface area (Å²) in [6.45, 7) is 0.655. The van der Waals surface area contributed by atoms with Gasteiger partial charge < -0.3 is 14.8 Å². The van der Waals surface area contributed by atoms with Crippen molar-refractivity contribution in [3.05, 3.63) is 70.2 Å². The van der Waals surface area contributed by atoms with Crippen molar-refractivity contribution in [2.45, 2.75) is 12.2 Å². The Balaban J connectivity index is 1.48. The zero-order valence-corrected chi connectivity index (χ0v) is 17.2. The van der Waals surface area contributed by atoms with Crippen LogP contribution >= 0.6 is 11.8 Å². The molecule has 0 radical (unpaired) electrons. The predicted molar refractivity (Wildman–Crippen MR) is 114 cm³/mol. The van der Waals surface area contributed by atoms with Crippen molar-refractivity contribution in [2.75, 3.05) is 31.8 Å². The maximum absolute atomic E-state index is 12.3. The molecule has 3 rings (SSSR count). The Labute approximate surface area is 173 Å². The molecule has 8 nitrogen and oxygen atoms in total. The molecule has 152 valence electrons. The molecule has 0 bridgehead atoms. The van der Waals surface area contributed by atoms with Gasteiger partial charge in [0.25, 0.3) is 5.56 Å². The lowest BCUT2D eigenvalue weighted by molar-refractivity contribution is 0.350. The summed E-state index contributed by atoms with van der Waals surface area (Å²) >= 11 is 1.70. The number of rotatable bonds is 10. The summed E-state index contributed by atoms with van der Waals surface area (Å²) in [6, 6.07) is 5.55. The topological polar surface area (TPSA) is 102 Å². The standard InChI is InChI=1S/C20H23N5O3S/c1-27-17-5-7-22-16(18(17)28-2)13-29-9-8-23-20-24-12-15(19(26)25-20)10-14-4-3-6-21-11-14/h3-7,11-12H,8-10,13H2,1-2H3,(H2,23,24,25,26). The monoisotopic (exact) mass is 413 g/mol. The molecule has 2 N–H and O–H groups in total. The zero-order valence-electron chi connectivity index (χ0n) is 16.3. The Morgan fingerprint density at radius 2 is 2.03 bits per heavy atom. The average molecular weight is 414 g/mol. The molecule has 0 aliphatic rings. The summed E-state index contributed by atoms with van der Waals surface area (Å²) in [7, 11) is 3.21. The SMILES string of the molecule is COc1ccnc(CSCCNc2ncc(Cc3cccnc3)c(=O)[nH]2)c1OC. The van der Waals surface area contributed by atoms with Crippen LogP contribution in [-0.2, 0) is 12.2 Å². The van der Waals surface area contributed by atoms with Crippen LogP contribution in [0.2, 0.25) is 0 Å². The van der Waals surface area contributed by atoms with Crippen LogP contribution in [0.15, 0.2) is 47.8 Å². The molecule has 3 heterocycles. The molecule has 0 aliphatic carbocycles. The average Bonchev–Trinajstić information content (AvgIpc) is 2.75. The van der Waals surface area contributed by atoms with Crippen molar-refractivity contribution < 1.29 is 9.47 Å². The van der Waals surface area contributed by atoms with Crippen molar-refractivity contribution in [3.8, 4) is 11.5 Å². The van der Waals surface area contributed by atoms with Crippen LogP contribution in [0.3, 0.4) is 0 Å². The van der Waals surface area contributed by atoms with E-state index >= 15 is 0 Å². The van der Waals surface area contributed by atoms with Crippen LogP contribution in [0, 0.1) is 0 Å². The van der Waals surface area contributed by atoms with Crippen molar-refractivity contribution >= 4 is 17.7 Å². The lowest BCUT2D eigenvalue weighted by atomic mass is 10.1. The first-order valence-electron chi connectivity index (χ1n) is 9.06. The van der Waals surface area contributed by atoms with Gasteiger partial charge in [0, 0.05) is 60.9 Å². The first-order valence-corrected chi connectivity index (χ1v) is 10.2. The van der Waals surface area contributed by atoms with Gasteiger partial charge in [-0.15, -0.1) is 0 Å². The summed E-state index contributed by atoms with van der Waals surface area (Å²) < 4.78 is 10.7. The Morgan fingerprint density at radius 3 is 2.76 bits per heavy atom. The fraction of sp³-hybridized carbons (Fsp3) is 0.300. The highest BCUT2D eigenvalue weighted by atomic mass is 32.2. The Hall–Kier alpha value is -3.07. The smallest absolute Gasteiger partial charge is 0.255 e. The molecule has 0 aliphatic heterocycles. The third-order valence-corrected chi connectivity index (χ3v) is 5.10. The summed E-state index contributed by atoms with van der Waals surface area (Å²) in [4.78, 5) is 27.8. The Morgan fingerprint density at radius 1 is 1.14 bits per heavy atom. The van der Waals surface area contributed by atoms with E-state index in [4.69, 9.17) is 9.47 Å². The van der Waals surface area contributed by atoms with Crippen LogP contribution < -0.4 is 20.3 Å². The van der Waals surface area contributed by atoms with Crippen LogP contribution in [0.4, 0.5) is 5.95 Å². The van der Waals surface area contributed by atoms with Crippen molar-refractivity contribution in [1.29, 1.82) is 0 Å². The quantitative estimate of drug-likeness (QED) is 0.489. The minimum atomic E-state index is -0.149. The van der Waals surface area contributed by atoms with Gasteiger partial charge in [-0.1, -0.05) is 6.07 Å². The number of hydrogen-bond donors (Lipinski definition) is 2. The molecule has 0 atom stereocenters. The van der Waals surface area contributed by atoms with E-state index in [-0.39, 0.29) is 5.56 Å². The molecular formula is C20H23N5O3S. The summed E-state index contributed by atoms with van der Waals surface area (Å²) in [6.07, 6.45) is 7.26. The molecule has 0 saturated heterocycles. The minimum Gasteiger partial charge on any atom is -0.493 e. The molecular weight excluding hydrogens is 390 g/mol. The van der Waals surface area contributed by atoms with Gasteiger partial charge in [0.1, 0.15) is 0 Å². The Bertz CT molecular complexity index is 981. The molecule has 3 aromatic heterocycles. The summed E-state index contributed by atoms with van der Waals surface area (Å²) in [5, 5.41) is 3.14.